The van der Waals surface area contributed by atoms with Gasteiger partial charge < -0.3 is 4.90 Å². The van der Waals surface area contributed by atoms with Crippen LogP contribution in [0.25, 0.3) is 0 Å². The van der Waals surface area contributed by atoms with Crippen molar-refractivity contribution in [1.29, 1.82) is 5.26 Å². The smallest absolute Gasteiger partial charge is 0.267 e. The van der Waals surface area contributed by atoms with Gasteiger partial charge in [-0.05, 0) is 11.3 Å². The van der Waals surface area contributed by atoms with Crippen LogP contribution >= 0.6 is 11.8 Å². The van der Waals surface area contributed by atoms with Gasteiger partial charge in [-0.1, -0.05) is 0 Å². The number of rotatable bonds is 4. The second kappa shape index (κ2) is 8.06. The summed E-state index contributed by atoms with van der Waals surface area (Å²) < 4.78 is 1.61. The summed E-state index contributed by atoms with van der Waals surface area (Å²) in [5.74, 6) is 2.63. The zero-order valence-electron chi connectivity index (χ0n) is 15.0. The Morgan fingerprint density at radius 3 is 2.78 bits per heavy atom. The van der Waals surface area contributed by atoms with Crippen molar-refractivity contribution in [3.63, 3.8) is 0 Å². The van der Waals surface area contributed by atoms with E-state index in [1.165, 1.54) is 0 Å². The summed E-state index contributed by atoms with van der Waals surface area (Å²) in [5.41, 5.74) is 2.53. The topological polar surface area (TPSA) is 90.9 Å². The fourth-order valence-corrected chi connectivity index (χ4v) is 4.43. The largest absolute Gasteiger partial charge is 0.352 e. The molecule has 0 amide bonds. The molecule has 2 aliphatic heterocycles. The number of anilines is 1. The van der Waals surface area contributed by atoms with Crippen LogP contribution in [0.3, 0.4) is 0 Å². The lowest BCUT2D eigenvalue weighted by Gasteiger charge is -2.35. The standard InChI is InChI=1S/C18H21N7OS/c19-12-16-18(21-3-2-20-16)24-7-4-23(5-8-24)6-9-25-17(26)11-14-13-27-10-1-15(14)22-25/h2-3,11H,1,4-10,13H2. The molecule has 0 radical (unpaired) electrons. The van der Waals surface area contributed by atoms with Gasteiger partial charge in [0.1, 0.15) is 6.07 Å². The Bertz CT molecular complexity index is 915. The van der Waals surface area contributed by atoms with E-state index in [4.69, 9.17) is 0 Å². The molecular weight excluding hydrogens is 362 g/mol. The van der Waals surface area contributed by atoms with E-state index < -0.39 is 0 Å². The van der Waals surface area contributed by atoms with Crippen LogP contribution < -0.4 is 10.5 Å². The van der Waals surface area contributed by atoms with Crippen LogP contribution in [-0.2, 0) is 18.7 Å². The number of piperazine rings is 1. The lowest BCUT2D eigenvalue weighted by atomic mass is 10.2. The first-order chi connectivity index (χ1) is 13.2. The van der Waals surface area contributed by atoms with Crippen molar-refractivity contribution in [3.05, 3.63) is 45.8 Å². The highest BCUT2D eigenvalue weighted by atomic mass is 32.2. The Balaban J connectivity index is 1.35. The van der Waals surface area contributed by atoms with E-state index in [9.17, 15) is 10.1 Å². The van der Waals surface area contributed by atoms with Gasteiger partial charge in [-0.25, -0.2) is 14.6 Å². The van der Waals surface area contributed by atoms with Crippen LogP contribution in [-0.4, -0.2) is 63.1 Å². The van der Waals surface area contributed by atoms with Crippen molar-refractivity contribution in [2.45, 2.75) is 18.7 Å². The summed E-state index contributed by atoms with van der Waals surface area (Å²) in [6.07, 6.45) is 4.10. The zero-order chi connectivity index (χ0) is 18.6. The monoisotopic (exact) mass is 383 g/mol. The molecule has 9 heteroatoms. The van der Waals surface area contributed by atoms with Crippen LogP contribution in [0.15, 0.2) is 23.3 Å². The van der Waals surface area contributed by atoms with E-state index in [2.05, 4.69) is 30.9 Å². The molecule has 0 N–H and O–H groups in total. The molecule has 1 saturated heterocycles. The summed E-state index contributed by atoms with van der Waals surface area (Å²) in [7, 11) is 0. The summed E-state index contributed by atoms with van der Waals surface area (Å²) in [6.45, 7) is 4.69. The molecule has 0 unspecified atom stereocenters. The quantitative estimate of drug-likeness (QED) is 0.755. The molecule has 2 aromatic rings. The van der Waals surface area contributed by atoms with Gasteiger partial charge in [0, 0.05) is 63.4 Å². The molecule has 27 heavy (non-hydrogen) atoms. The van der Waals surface area contributed by atoms with Gasteiger partial charge in [-0.15, -0.1) is 0 Å². The van der Waals surface area contributed by atoms with Crippen molar-refractivity contribution in [3.8, 4) is 6.07 Å². The Kier molecular flexibility index (Phi) is 5.36. The van der Waals surface area contributed by atoms with Crippen molar-refractivity contribution in [1.82, 2.24) is 24.6 Å². The van der Waals surface area contributed by atoms with Crippen LogP contribution in [0, 0.1) is 11.3 Å². The van der Waals surface area contributed by atoms with Gasteiger partial charge in [-0.2, -0.15) is 22.1 Å². The van der Waals surface area contributed by atoms with E-state index in [-0.39, 0.29) is 5.56 Å². The molecule has 0 aliphatic carbocycles. The molecular formula is C18H21N7OS. The molecule has 1 fully saturated rings. The number of thioether (sulfide) groups is 1. The molecule has 8 nitrogen and oxygen atoms in total. The molecule has 4 rings (SSSR count). The molecule has 4 heterocycles. The van der Waals surface area contributed by atoms with Crippen LogP contribution in [0.2, 0.25) is 0 Å². The molecule has 2 aromatic heterocycles. The summed E-state index contributed by atoms with van der Waals surface area (Å²) in [4.78, 5) is 25.1. The number of fused-ring (bicyclic) bond motifs is 1. The van der Waals surface area contributed by atoms with E-state index >= 15 is 0 Å². The van der Waals surface area contributed by atoms with Crippen LogP contribution in [0.5, 0.6) is 0 Å². The molecule has 0 aromatic carbocycles. The average molecular weight is 383 g/mol. The Morgan fingerprint density at radius 2 is 1.96 bits per heavy atom. The van der Waals surface area contributed by atoms with Gasteiger partial charge in [-0.3, -0.25) is 9.69 Å². The van der Waals surface area contributed by atoms with Crippen molar-refractivity contribution >= 4 is 17.6 Å². The molecule has 0 spiro atoms. The molecule has 0 saturated carbocycles. The third-order valence-corrected chi connectivity index (χ3v) is 6.00. The second-order valence-electron chi connectivity index (χ2n) is 6.65. The highest BCUT2D eigenvalue weighted by Crippen LogP contribution is 2.21. The van der Waals surface area contributed by atoms with Gasteiger partial charge in [0.15, 0.2) is 11.5 Å². The van der Waals surface area contributed by atoms with Crippen LogP contribution in [0.1, 0.15) is 17.0 Å². The number of hydrogen-bond donors (Lipinski definition) is 0. The Morgan fingerprint density at radius 1 is 1.15 bits per heavy atom. The number of nitriles is 1. The normalized spacial score (nSPS) is 17.4. The minimum atomic E-state index is -0.00638. The molecule has 0 atom stereocenters. The first kappa shape index (κ1) is 17.9. The Labute approximate surface area is 161 Å². The van der Waals surface area contributed by atoms with E-state index in [1.54, 1.807) is 23.1 Å². The maximum atomic E-state index is 12.3. The number of aromatic nitrogens is 4. The lowest BCUT2D eigenvalue weighted by Crippen LogP contribution is -2.48. The van der Waals surface area contributed by atoms with E-state index in [0.29, 0.717) is 18.1 Å². The fraction of sp³-hybridized carbons (Fsp3) is 0.500. The lowest BCUT2D eigenvalue weighted by molar-refractivity contribution is 0.242. The van der Waals surface area contributed by atoms with Crippen molar-refractivity contribution < 1.29 is 0 Å². The Hall–Kier alpha value is -2.44. The number of hydrogen-bond acceptors (Lipinski definition) is 8. The first-order valence-electron chi connectivity index (χ1n) is 9.10. The summed E-state index contributed by atoms with van der Waals surface area (Å²) in [6, 6.07) is 3.86. The average Bonchev–Trinajstić information content (AvgIpc) is 2.72. The summed E-state index contributed by atoms with van der Waals surface area (Å²) in [5, 5.41) is 13.8. The summed E-state index contributed by atoms with van der Waals surface area (Å²) >= 11 is 1.86. The first-order valence-corrected chi connectivity index (χ1v) is 10.3. The van der Waals surface area contributed by atoms with Gasteiger partial charge in [0.2, 0.25) is 0 Å². The molecule has 140 valence electrons. The van der Waals surface area contributed by atoms with Crippen molar-refractivity contribution in [2.24, 2.45) is 0 Å². The predicted molar refractivity (Wildman–Crippen MR) is 104 cm³/mol. The maximum Gasteiger partial charge on any atom is 0.267 e. The fourth-order valence-electron chi connectivity index (χ4n) is 3.47. The third-order valence-electron chi connectivity index (χ3n) is 4.99. The van der Waals surface area contributed by atoms with Crippen LogP contribution in [0.4, 0.5) is 5.82 Å². The van der Waals surface area contributed by atoms with Gasteiger partial charge in [0.25, 0.3) is 5.56 Å². The third kappa shape index (κ3) is 3.96. The van der Waals surface area contributed by atoms with E-state index in [0.717, 1.165) is 61.9 Å². The van der Waals surface area contributed by atoms with Crippen molar-refractivity contribution in [2.75, 3.05) is 43.4 Å². The highest BCUT2D eigenvalue weighted by molar-refractivity contribution is 7.98. The number of aryl methyl sites for hydroxylation is 1. The molecule has 2 aliphatic rings. The maximum absolute atomic E-state index is 12.3. The molecule has 0 bridgehead atoms. The predicted octanol–water partition coefficient (Wildman–Crippen LogP) is 0.516. The number of nitrogens with zero attached hydrogens (tertiary/aromatic N) is 7. The second-order valence-corrected chi connectivity index (χ2v) is 7.75. The van der Waals surface area contributed by atoms with E-state index in [1.807, 2.05) is 11.8 Å². The minimum Gasteiger partial charge on any atom is -0.352 e. The minimum absolute atomic E-state index is 0.00638. The van der Waals surface area contributed by atoms with Gasteiger partial charge >= 0.3 is 0 Å². The van der Waals surface area contributed by atoms with Gasteiger partial charge in [0.05, 0.1) is 12.2 Å². The zero-order valence-corrected chi connectivity index (χ0v) is 15.9. The highest BCUT2D eigenvalue weighted by Gasteiger charge is 2.21. The SMILES string of the molecule is N#Cc1nccnc1N1CCN(CCn2nc3c(cc2=O)CSCC3)CC1.